The van der Waals surface area contributed by atoms with Gasteiger partial charge in [-0.3, -0.25) is 9.36 Å². The first kappa shape index (κ1) is 26.2. The molecule has 4 rings (SSSR count). The van der Waals surface area contributed by atoms with Gasteiger partial charge in [-0.05, 0) is 55.3 Å². The second kappa shape index (κ2) is 11.1. The maximum absolute atomic E-state index is 13.9. The summed E-state index contributed by atoms with van der Waals surface area (Å²) in [7, 11) is 0. The molecule has 0 saturated carbocycles. The lowest BCUT2D eigenvalue weighted by Gasteiger charge is -2.23. The maximum atomic E-state index is 13.9. The fourth-order valence-electron chi connectivity index (χ4n) is 3.92. The van der Waals surface area contributed by atoms with Gasteiger partial charge in [0.15, 0.2) is 5.69 Å². The molecule has 3 aromatic rings. The van der Waals surface area contributed by atoms with Crippen molar-refractivity contribution in [2.45, 2.75) is 19.1 Å². The Kier molecular flexibility index (Phi) is 8.07. The van der Waals surface area contributed by atoms with Gasteiger partial charge < -0.3 is 15.2 Å². The number of benzene rings is 2. The average molecular weight is 634 g/mol. The van der Waals surface area contributed by atoms with Crippen LogP contribution < -0.4 is 16.3 Å². The summed E-state index contributed by atoms with van der Waals surface area (Å²) in [6.07, 6.45) is 1.74. The smallest absolute Gasteiger partial charge is 0.357 e. The second-order valence-corrected chi connectivity index (χ2v) is 10.7. The van der Waals surface area contributed by atoms with Crippen LogP contribution in [0, 0.1) is 0 Å². The van der Waals surface area contributed by atoms with Gasteiger partial charge in [0, 0.05) is 14.2 Å². The van der Waals surface area contributed by atoms with Crippen LogP contribution in [0.3, 0.4) is 0 Å². The number of nitrogens with zero attached hydrogens (tertiary/aromatic N) is 1. The minimum atomic E-state index is -0.812. The summed E-state index contributed by atoms with van der Waals surface area (Å²) in [6.45, 7) is 3.61. The van der Waals surface area contributed by atoms with Crippen molar-refractivity contribution in [2.24, 2.45) is 0 Å². The number of hydrogen-bond acceptors (Lipinski definition) is 7. The Morgan fingerprint density at radius 1 is 1.03 bits per heavy atom. The lowest BCUT2D eigenvalue weighted by atomic mass is 10.1. The van der Waals surface area contributed by atoms with Crippen LogP contribution in [0.2, 0.25) is 0 Å². The first-order chi connectivity index (χ1) is 17.3. The van der Waals surface area contributed by atoms with E-state index in [1.165, 1.54) is 4.57 Å². The molecule has 1 atom stereocenters. The van der Waals surface area contributed by atoms with Crippen LogP contribution in [0.4, 0.5) is 5.69 Å². The second-order valence-electron chi connectivity index (χ2n) is 7.72. The number of rotatable bonds is 6. The van der Waals surface area contributed by atoms with Crippen LogP contribution in [0.1, 0.15) is 45.5 Å². The van der Waals surface area contributed by atoms with Crippen molar-refractivity contribution in [2.75, 3.05) is 18.9 Å². The van der Waals surface area contributed by atoms with Crippen molar-refractivity contribution in [3.05, 3.63) is 84.9 Å². The average Bonchev–Trinajstić information content (AvgIpc) is 3.12. The molecular formula is C26H22Br2N2O5S. The van der Waals surface area contributed by atoms with E-state index in [-0.39, 0.29) is 34.8 Å². The van der Waals surface area contributed by atoms with Gasteiger partial charge in [0.1, 0.15) is 10.2 Å². The molecule has 0 unspecified atom stereocenters. The summed E-state index contributed by atoms with van der Waals surface area (Å²) >= 11 is 7.97. The van der Waals surface area contributed by atoms with Gasteiger partial charge in [0.05, 0.1) is 24.3 Å². The monoisotopic (exact) mass is 632 g/mol. The van der Waals surface area contributed by atoms with Crippen molar-refractivity contribution >= 4 is 78.1 Å². The molecule has 2 aromatic carbocycles. The summed E-state index contributed by atoms with van der Waals surface area (Å²) < 4.78 is 13.4. The summed E-state index contributed by atoms with van der Waals surface area (Å²) in [4.78, 5) is 40.4. The molecule has 0 radical (unpaired) electrons. The van der Waals surface area contributed by atoms with Crippen molar-refractivity contribution in [1.82, 2.24) is 4.57 Å². The maximum Gasteiger partial charge on any atom is 0.357 e. The minimum Gasteiger partial charge on any atom is -0.462 e. The van der Waals surface area contributed by atoms with Crippen molar-refractivity contribution in [3.8, 4) is 0 Å². The SMILES string of the molecule is CCOC(=O)C1=c2/c(=C/c3cccc(Br)c3)c(N)c(C(=O)OCC)n2C(=O)[C@@H](c2cccc(Br)c2)S1. The number of carbonyl (C=O) groups is 3. The van der Waals surface area contributed by atoms with Crippen LogP contribution in [-0.4, -0.2) is 35.6 Å². The number of nitrogen functional groups attached to an aromatic ring is 1. The Balaban J connectivity index is 2.11. The molecular weight excluding hydrogens is 612 g/mol. The quantitative estimate of drug-likeness (QED) is 0.402. The molecule has 36 heavy (non-hydrogen) atoms. The number of halogens is 2. The van der Waals surface area contributed by atoms with E-state index in [1.807, 2.05) is 30.3 Å². The number of hydrogen-bond donors (Lipinski definition) is 1. The lowest BCUT2D eigenvalue weighted by molar-refractivity contribution is -0.135. The normalized spacial score (nSPS) is 15.6. The Morgan fingerprint density at radius 3 is 2.31 bits per heavy atom. The van der Waals surface area contributed by atoms with E-state index in [2.05, 4.69) is 31.9 Å². The zero-order chi connectivity index (χ0) is 26.0. The molecule has 1 aliphatic heterocycles. The van der Waals surface area contributed by atoms with Crippen LogP contribution in [0.15, 0.2) is 57.5 Å². The van der Waals surface area contributed by atoms with Gasteiger partial charge >= 0.3 is 11.9 Å². The topological polar surface area (TPSA) is 101 Å². The van der Waals surface area contributed by atoms with Crippen molar-refractivity contribution in [3.63, 3.8) is 0 Å². The Labute approximate surface area is 228 Å². The fraction of sp³-hybridized carbons (Fsp3) is 0.192. The van der Waals surface area contributed by atoms with Crippen LogP contribution in [0.25, 0.3) is 11.0 Å². The molecule has 10 heteroatoms. The van der Waals surface area contributed by atoms with Crippen molar-refractivity contribution < 1.29 is 23.9 Å². The van der Waals surface area contributed by atoms with Crippen LogP contribution >= 0.6 is 43.6 Å². The van der Waals surface area contributed by atoms with Gasteiger partial charge in [-0.1, -0.05) is 67.9 Å². The molecule has 2 heterocycles. The largest absolute Gasteiger partial charge is 0.462 e. The van der Waals surface area contributed by atoms with Crippen LogP contribution in [-0.2, 0) is 14.3 Å². The zero-order valence-electron chi connectivity index (χ0n) is 19.4. The molecule has 7 nitrogen and oxygen atoms in total. The number of fused-ring (bicyclic) bond motifs is 1. The first-order valence-corrected chi connectivity index (χ1v) is 13.6. The van der Waals surface area contributed by atoms with E-state index < -0.39 is 23.1 Å². The van der Waals surface area contributed by atoms with Crippen molar-refractivity contribution in [1.29, 1.82) is 0 Å². The molecule has 1 aromatic heterocycles. The third-order valence-electron chi connectivity index (χ3n) is 5.38. The predicted octanol–water partition coefficient (Wildman–Crippen LogP) is 4.40. The number of thioether (sulfide) groups is 1. The number of esters is 2. The summed E-state index contributed by atoms with van der Waals surface area (Å²) in [5.74, 6) is -1.76. The van der Waals surface area contributed by atoms with E-state index in [9.17, 15) is 14.4 Å². The van der Waals surface area contributed by atoms with Gasteiger partial charge in [-0.25, -0.2) is 9.59 Å². The highest BCUT2D eigenvalue weighted by atomic mass is 79.9. The molecule has 0 bridgehead atoms. The number of aromatic nitrogens is 1. The highest BCUT2D eigenvalue weighted by Crippen LogP contribution is 2.40. The summed E-state index contributed by atoms with van der Waals surface area (Å²) in [6, 6.07) is 14.7. The van der Waals surface area contributed by atoms with Gasteiger partial charge in [0.25, 0.3) is 0 Å². The molecule has 1 aliphatic rings. The van der Waals surface area contributed by atoms with Gasteiger partial charge in [-0.15, -0.1) is 0 Å². The van der Waals surface area contributed by atoms with Gasteiger partial charge in [-0.2, -0.15) is 0 Å². The van der Waals surface area contributed by atoms with E-state index >= 15 is 0 Å². The van der Waals surface area contributed by atoms with Gasteiger partial charge in [0.2, 0.25) is 5.91 Å². The molecule has 0 fully saturated rings. The third kappa shape index (κ3) is 5.02. The Bertz CT molecular complexity index is 1500. The molecule has 0 spiro atoms. The molecule has 0 amide bonds. The number of carbonyl (C=O) groups excluding carboxylic acids is 3. The Hall–Kier alpha value is -2.82. The molecule has 0 saturated heterocycles. The number of anilines is 1. The summed E-state index contributed by atoms with van der Waals surface area (Å²) in [5, 5.41) is -0.226. The number of nitrogens with two attached hydrogens (primary N) is 1. The standard InChI is InChI=1S/C26H22Br2N2O5S/c1-3-34-25(32)21-19(29)18(12-14-7-5-9-16(27)11-14)20-23(26(33)35-4-2)36-22(24(31)30(20)21)15-8-6-10-17(28)13-15/h5-13,22H,3-4,29H2,1-2H3/b18-12+/t22-/m1/s1. The molecule has 0 aliphatic carbocycles. The first-order valence-electron chi connectivity index (χ1n) is 11.1. The summed E-state index contributed by atoms with van der Waals surface area (Å²) in [5.41, 5.74) is 7.87. The van der Waals surface area contributed by atoms with E-state index in [4.69, 9.17) is 15.2 Å². The zero-order valence-corrected chi connectivity index (χ0v) is 23.4. The fourth-order valence-corrected chi connectivity index (χ4v) is 5.95. The predicted molar refractivity (Wildman–Crippen MR) is 147 cm³/mol. The van der Waals surface area contributed by atoms with Crippen LogP contribution in [0.5, 0.6) is 0 Å². The lowest BCUT2D eigenvalue weighted by Crippen LogP contribution is -2.42. The molecule has 186 valence electrons. The van der Waals surface area contributed by atoms with E-state index in [0.717, 1.165) is 26.3 Å². The van der Waals surface area contributed by atoms with E-state index in [1.54, 1.807) is 38.1 Å². The van der Waals surface area contributed by atoms with E-state index in [0.29, 0.717) is 10.8 Å². The Morgan fingerprint density at radius 2 is 1.67 bits per heavy atom. The minimum absolute atomic E-state index is 0.0501. The third-order valence-corrected chi connectivity index (χ3v) is 7.68. The molecule has 2 N–H and O–H groups in total. The highest BCUT2D eigenvalue weighted by molar-refractivity contribution is 9.10. The highest BCUT2D eigenvalue weighted by Gasteiger charge is 2.38. The number of ether oxygens (including phenoxy) is 2.